The van der Waals surface area contributed by atoms with Crippen LogP contribution in [-0.4, -0.2) is 19.3 Å². The molecule has 8 heavy (non-hydrogen) atoms. The maximum Gasteiger partial charge on any atom is 0.0624 e. The molecule has 0 radical (unpaired) electrons. The third-order valence-corrected chi connectivity index (χ3v) is 1.47. The fourth-order valence-electron chi connectivity index (χ4n) is 0.830. The Kier molecular flexibility index (Phi) is 1.65. The summed E-state index contributed by atoms with van der Waals surface area (Å²) in [6.45, 7) is 5.08. The third-order valence-electron chi connectivity index (χ3n) is 1.47. The van der Waals surface area contributed by atoms with Crippen molar-refractivity contribution < 1.29 is 4.74 Å². The van der Waals surface area contributed by atoms with Crippen LogP contribution in [0.3, 0.4) is 0 Å². The Morgan fingerprint density at radius 3 is 2.62 bits per heavy atom. The molecule has 0 aromatic rings. The van der Waals surface area contributed by atoms with Gasteiger partial charge in [-0.15, -0.1) is 6.58 Å². The minimum Gasteiger partial charge on any atom is -0.379 e. The SMILES string of the molecule is C=C[C@@H]1COC[C@@H]1N. The van der Waals surface area contributed by atoms with Gasteiger partial charge in [0.1, 0.15) is 0 Å². The van der Waals surface area contributed by atoms with E-state index in [2.05, 4.69) is 6.58 Å². The van der Waals surface area contributed by atoms with Gasteiger partial charge in [0.15, 0.2) is 0 Å². The van der Waals surface area contributed by atoms with Gasteiger partial charge >= 0.3 is 0 Å². The van der Waals surface area contributed by atoms with Crippen molar-refractivity contribution >= 4 is 0 Å². The average Bonchev–Trinajstić information content (AvgIpc) is 2.14. The third kappa shape index (κ3) is 0.904. The second-order valence-electron chi connectivity index (χ2n) is 2.10. The molecule has 0 bridgehead atoms. The zero-order valence-electron chi connectivity index (χ0n) is 4.84. The molecule has 0 aliphatic carbocycles. The first kappa shape index (κ1) is 5.79. The fraction of sp³-hybridized carbons (Fsp3) is 0.667. The highest BCUT2D eigenvalue weighted by Crippen LogP contribution is 2.10. The summed E-state index contributed by atoms with van der Waals surface area (Å²) in [5, 5.41) is 0. The van der Waals surface area contributed by atoms with E-state index in [1.807, 2.05) is 6.08 Å². The molecule has 1 rings (SSSR count). The van der Waals surface area contributed by atoms with Gasteiger partial charge in [0.05, 0.1) is 13.2 Å². The van der Waals surface area contributed by atoms with Gasteiger partial charge in [0, 0.05) is 12.0 Å². The van der Waals surface area contributed by atoms with Crippen molar-refractivity contribution in [1.29, 1.82) is 0 Å². The van der Waals surface area contributed by atoms with Crippen molar-refractivity contribution in [1.82, 2.24) is 0 Å². The lowest BCUT2D eigenvalue weighted by Gasteiger charge is -2.04. The Bertz CT molecular complexity index is 92.5. The highest BCUT2D eigenvalue weighted by Gasteiger charge is 2.20. The van der Waals surface area contributed by atoms with Crippen LogP contribution < -0.4 is 5.73 Å². The van der Waals surface area contributed by atoms with Gasteiger partial charge in [0.2, 0.25) is 0 Å². The molecular formula is C6H11NO. The Morgan fingerprint density at radius 1 is 1.62 bits per heavy atom. The zero-order chi connectivity index (χ0) is 5.98. The molecule has 0 spiro atoms. The Morgan fingerprint density at radius 2 is 2.38 bits per heavy atom. The highest BCUT2D eigenvalue weighted by atomic mass is 16.5. The van der Waals surface area contributed by atoms with Crippen LogP contribution >= 0.6 is 0 Å². The minimum absolute atomic E-state index is 0.187. The first-order valence-corrected chi connectivity index (χ1v) is 2.80. The Labute approximate surface area is 49.3 Å². The van der Waals surface area contributed by atoms with Crippen molar-refractivity contribution in [3.8, 4) is 0 Å². The monoisotopic (exact) mass is 113 g/mol. The molecule has 2 nitrogen and oxygen atoms in total. The molecule has 1 fully saturated rings. The van der Waals surface area contributed by atoms with E-state index in [0.29, 0.717) is 12.5 Å². The summed E-state index contributed by atoms with van der Waals surface area (Å²) >= 11 is 0. The standard InChI is InChI=1S/C6H11NO/c1-2-5-3-8-4-6(5)7/h2,5-6H,1,3-4,7H2/t5-,6+/m1/s1. The Balaban J connectivity index is 2.41. The van der Waals surface area contributed by atoms with E-state index in [1.165, 1.54) is 0 Å². The highest BCUT2D eigenvalue weighted by molar-refractivity contribution is 4.90. The summed E-state index contributed by atoms with van der Waals surface area (Å²) in [5.41, 5.74) is 5.59. The lowest BCUT2D eigenvalue weighted by molar-refractivity contribution is 0.189. The maximum absolute atomic E-state index is 5.59. The molecular weight excluding hydrogens is 102 g/mol. The van der Waals surface area contributed by atoms with E-state index in [4.69, 9.17) is 10.5 Å². The van der Waals surface area contributed by atoms with Gasteiger partial charge in [-0.1, -0.05) is 6.08 Å². The molecule has 2 N–H and O–H groups in total. The average molecular weight is 113 g/mol. The second kappa shape index (κ2) is 2.29. The summed E-state index contributed by atoms with van der Waals surface area (Å²) < 4.78 is 5.06. The van der Waals surface area contributed by atoms with Crippen LogP contribution in [0.4, 0.5) is 0 Å². The topological polar surface area (TPSA) is 35.2 Å². The molecule has 0 saturated carbocycles. The predicted molar refractivity (Wildman–Crippen MR) is 32.5 cm³/mol. The van der Waals surface area contributed by atoms with Crippen molar-refractivity contribution in [2.75, 3.05) is 13.2 Å². The summed E-state index contributed by atoms with van der Waals surface area (Å²) in [5.74, 6) is 0.384. The van der Waals surface area contributed by atoms with Crippen LogP contribution in [0.5, 0.6) is 0 Å². The lowest BCUT2D eigenvalue weighted by Crippen LogP contribution is -2.26. The van der Waals surface area contributed by atoms with Gasteiger partial charge in [-0.25, -0.2) is 0 Å². The minimum atomic E-state index is 0.187. The van der Waals surface area contributed by atoms with Gasteiger partial charge in [-0.2, -0.15) is 0 Å². The lowest BCUT2D eigenvalue weighted by atomic mass is 10.1. The molecule has 46 valence electrons. The first-order valence-electron chi connectivity index (χ1n) is 2.80. The molecule has 1 aliphatic rings. The molecule has 1 saturated heterocycles. The number of ether oxygens (including phenoxy) is 1. The van der Waals surface area contributed by atoms with E-state index >= 15 is 0 Å². The van der Waals surface area contributed by atoms with Crippen LogP contribution in [0.15, 0.2) is 12.7 Å². The van der Waals surface area contributed by atoms with Gasteiger partial charge in [-0.3, -0.25) is 0 Å². The normalized spacial score (nSPS) is 37.6. The number of hydrogen-bond acceptors (Lipinski definition) is 2. The second-order valence-corrected chi connectivity index (χ2v) is 2.10. The van der Waals surface area contributed by atoms with E-state index in [1.54, 1.807) is 0 Å². The zero-order valence-corrected chi connectivity index (χ0v) is 4.84. The van der Waals surface area contributed by atoms with Crippen LogP contribution in [0, 0.1) is 5.92 Å². The smallest absolute Gasteiger partial charge is 0.0624 e. The van der Waals surface area contributed by atoms with Crippen molar-refractivity contribution in [3.63, 3.8) is 0 Å². The van der Waals surface area contributed by atoms with Crippen LogP contribution in [0.2, 0.25) is 0 Å². The largest absolute Gasteiger partial charge is 0.379 e. The predicted octanol–water partition coefficient (Wildman–Crippen LogP) is 0.146. The van der Waals surface area contributed by atoms with Gasteiger partial charge in [-0.05, 0) is 0 Å². The van der Waals surface area contributed by atoms with Crippen LogP contribution in [0.25, 0.3) is 0 Å². The van der Waals surface area contributed by atoms with E-state index in [0.717, 1.165) is 6.61 Å². The number of rotatable bonds is 1. The molecule has 2 atom stereocenters. The summed E-state index contributed by atoms with van der Waals surface area (Å²) in [6, 6.07) is 0.187. The van der Waals surface area contributed by atoms with Gasteiger partial charge < -0.3 is 10.5 Å². The summed E-state index contributed by atoms with van der Waals surface area (Å²) in [4.78, 5) is 0. The fourth-order valence-corrected chi connectivity index (χ4v) is 0.830. The molecule has 0 amide bonds. The maximum atomic E-state index is 5.59. The van der Waals surface area contributed by atoms with Crippen LogP contribution in [-0.2, 0) is 4.74 Å². The van der Waals surface area contributed by atoms with Crippen molar-refractivity contribution in [2.24, 2.45) is 11.7 Å². The number of nitrogens with two attached hydrogens (primary N) is 1. The van der Waals surface area contributed by atoms with Crippen molar-refractivity contribution in [2.45, 2.75) is 6.04 Å². The molecule has 0 aromatic carbocycles. The molecule has 0 unspecified atom stereocenters. The van der Waals surface area contributed by atoms with E-state index in [-0.39, 0.29) is 6.04 Å². The molecule has 1 heterocycles. The summed E-state index contributed by atoms with van der Waals surface area (Å²) in [6.07, 6.45) is 1.86. The molecule has 0 aromatic heterocycles. The first-order chi connectivity index (χ1) is 3.84. The number of hydrogen-bond donors (Lipinski definition) is 1. The van der Waals surface area contributed by atoms with Crippen molar-refractivity contribution in [3.05, 3.63) is 12.7 Å². The van der Waals surface area contributed by atoms with E-state index < -0.39 is 0 Å². The van der Waals surface area contributed by atoms with E-state index in [9.17, 15) is 0 Å². The van der Waals surface area contributed by atoms with Crippen LogP contribution in [0.1, 0.15) is 0 Å². The Hall–Kier alpha value is -0.340. The molecule has 1 aliphatic heterocycles. The quantitative estimate of drug-likeness (QED) is 0.491. The van der Waals surface area contributed by atoms with Gasteiger partial charge in [0.25, 0.3) is 0 Å². The molecule has 2 heteroatoms. The summed E-state index contributed by atoms with van der Waals surface area (Å²) in [7, 11) is 0.